The van der Waals surface area contributed by atoms with Gasteiger partial charge in [0.15, 0.2) is 0 Å². The van der Waals surface area contributed by atoms with E-state index in [4.69, 9.17) is 14.2 Å². The van der Waals surface area contributed by atoms with Gasteiger partial charge < -0.3 is 14.2 Å². The van der Waals surface area contributed by atoms with Gasteiger partial charge in [-0.3, -0.25) is 4.79 Å². The van der Waals surface area contributed by atoms with Crippen molar-refractivity contribution in [1.82, 2.24) is 0 Å². The lowest BCUT2D eigenvalue weighted by Crippen LogP contribution is -2.11. The van der Waals surface area contributed by atoms with E-state index in [-0.39, 0.29) is 30.0 Å². The summed E-state index contributed by atoms with van der Waals surface area (Å²) in [5.74, 6) is -1.76. The van der Waals surface area contributed by atoms with Gasteiger partial charge in [0.2, 0.25) is 0 Å². The van der Waals surface area contributed by atoms with Crippen molar-refractivity contribution in [1.29, 1.82) is 0 Å². The highest BCUT2D eigenvalue weighted by molar-refractivity contribution is 5.71. The number of carbonyl (C=O) groups excluding carboxylic acids is 1. The lowest BCUT2D eigenvalue weighted by molar-refractivity contribution is -0.141. The van der Waals surface area contributed by atoms with Crippen molar-refractivity contribution in [2.75, 3.05) is 13.7 Å². The molecule has 0 fully saturated rings. The second-order valence-corrected chi connectivity index (χ2v) is 7.80. The molecule has 6 heteroatoms. The number of rotatable bonds is 5. The lowest BCUT2D eigenvalue weighted by atomic mass is 9.96. The molecule has 2 aromatic rings. The van der Waals surface area contributed by atoms with Gasteiger partial charge in [-0.2, -0.15) is 0 Å². The Labute approximate surface area is 168 Å². The summed E-state index contributed by atoms with van der Waals surface area (Å²) in [6, 6.07) is 8.84. The summed E-state index contributed by atoms with van der Waals surface area (Å²) in [7, 11) is 1.38. The minimum atomic E-state index is -2.87. The average molecular weight is 402 g/mol. The Morgan fingerprint density at radius 1 is 1.24 bits per heavy atom. The van der Waals surface area contributed by atoms with E-state index in [0.717, 1.165) is 29.4 Å². The fourth-order valence-electron chi connectivity index (χ4n) is 4.37. The largest absolute Gasteiger partial charge is 0.492 e. The first-order valence-corrected chi connectivity index (χ1v) is 9.79. The molecule has 2 atom stereocenters. The highest BCUT2D eigenvalue weighted by atomic mass is 19.3. The van der Waals surface area contributed by atoms with Gasteiger partial charge in [0.05, 0.1) is 20.1 Å². The standard InChI is InChI=1S/C23H24F2O4/c1-13-19(9-7-15-14(11-21(26)27-3)12-28-22(13)15)29-20-10-8-16-17(20)5-4-6-18(16)23(2,24)25/h4-7,9,14,20H,8,10-12H2,1-3H3. The second-order valence-electron chi connectivity index (χ2n) is 7.80. The van der Waals surface area contributed by atoms with Crippen molar-refractivity contribution < 1.29 is 27.8 Å². The van der Waals surface area contributed by atoms with Crippen molar-refractivity contribution in [3.8, 4) is 11.5 Å². The van der Waals surface area contributed by atoms with Crippen LogP contribution < -0.4 is 9.47 Å². The fraction of sp³-hybridized carbons (Fsp3) is 0.435. The molecule has 2 aromatic carbocycles. The van der Waals surface area contributed by atoms with Crippen LogP contribution in [-0.2, 0) is 21.9 Å². The van der Waals surface area contributed by atoms with Crippen LogP contribution in [0.15, 0.2) is 30.3 Å². The zero-order chi connectivity index (χ0) is 20.8. The second kappa shape index (κ2) is 7.32. The van der Waals surface area contributed by atoms with Crippen molar-refractivity contribution in [3.63, 3.8) is 0 Å². The van der Waals surface area contributed by atoms with Crippen molar-refractivity contribution in [2.24, 2.45) is 0 Å². The van der Waals surface area contributed by atoms with Crippen molar-refractivity contribution in [3.05, 3.63) is 58.1 Å². The Bertz CT molecular complexity index is 949. The maximum atomic E-state index is 13.9. The van der Waals surface area contributed by atoms with E-state index >= 15 is 0 Å². The molecular formula is C23H24F2O4. The van der Waals surface area contributed by atoms with Crippen molar-refractivity contribution >= 4 is 5.97 Å². The van der Waals surface area contributed by atoms with E-state index in [0.29, 0.717) is 30.8 Å². The average Bonchev–Trinajstić information content (AvgIpc) is 3.28. The van der Waals surface area contributed by atoms with E-state index < -0.39 is 5.92 Å². The molecule has 1 aliphatic heterocycles. The summed E-state index contributed by atoms with van der Waals surface area (Å²) in [6.07, 6.45) is 1.23. The molecule has 4 nitrogen and oxygen atoms in total. The van der Waals surface area contributed by atoms with E-state index in [9.17, 15) is 13.6 Å². The van der Waals surface area contributed by atoms with Gasteiger partial charge in [-0.15, -0.1) is 0 Å². The number of benzene rings is 2. The number of hydrogen-bond donors (Lipinski definition) is 0. The van der Waals surface area contributed by atoms with E-state index in [2.05, 4.69) is 0 Å². The third kappa shape index (κ3) is 3.56. The molecule has 29 heavy (non-hydrogen) atoms. The van der Waals surface area contributed by atoms with Crippen LogP contribution in [0.25, 0.3) is 0 Å². The predicted molar refractivity (Wildman–Crippen MR) is 104 cm³/mol. The molecular weight excluding hydrogens is 378 g/mol. The molecule has 2 aliphatic rings. The SMILES string of the molecule is COC(=O)CC1COc2c1ccc(OC1CCc3c1cccc3C(C)(F)F)c2C. The number of carbonyl (C=O) groups is 1. The number of methoxy groups -OCH3 is 1. The number of fused-ring (bicyclic) bond motifs is 2. The van der Waals surface area contributed by atoms with Gasteiger partial charge in [-0.1, -0.05) is 24.3 Å². The van der Waals surface area contributed by atoms with Crippen molar-refractivity contribution in [2.45, 2.75) is 51.1 Å². The molecule has 4 rings (SSSR count). The monoisotopic (exact) mass is 402 g/mol. The predicted octanol–water partition coefficient (Wildman–Crippen LogP) is 5.21. The Morgan fingerprint density at radius 3 is 2.76 bits per heavy atom. The quantitative estimate of drug-likeness (QED) is 0.644. The van der Waals surface area contributed by atoms with Gasteiger partial charge in [-0.05, 0) is 37.0 Å². The first-order valence-electron chi connectivity index (χ1n) is 9.79. The zero-order valence-electron chi connectivity index (χ0n) is 16.8. The van der Waals surface area contributed by atoms with Crippen LogP contribution in [0.2, 0.25) is 0 Å². The number of esters is 1. The molecule has 0 aromatic heterocycles. The number of alkyl halides is 2. The molecule has 2 unspecified atom stereocenters. The van der Waals surface area contributed by atoms with Gasteiger partial charge in [0.25, 0.3) is 5.92 Å². The minimum Gasteiger partial charge on any atom is -0.492 e. The lowest BCUT2D eigenvalue weighted by Gasteiger charge is -2.19. The molecule has 0 radical (unpaired) electrons. The Morgan fingerprint density at radius 2 is 2.03 bits per heavy atom. The molecule has 0 amide bonds. The van der Waals surface area contributed by atoms with Crippen LogP contribution in [0.4, 0.5) is 8.78 Å². The molecule has 154 valence electrons. The van der Waals surface area contributed by atoms with Crippen LogP contribution in [0.1, 0.15) is 59.6 Å². The van der Waals surface area contributed by atoms with Gasteiger partial charge in [0, 0.05) is 29.5 Å². The number of halogens is 2. The van der Waals surface area contributed by atoms with E-state index in [1.165, 1.54) is 13.2 Å². The Hall–Kier alpha value is -2.63. The summed E-state index contributed by atoms with van der Waals surface area (Å²) >= 11 is 0. The smallest absolute Gasteiger partial charge is 0.306 e. The number of hydrogen-bond acceptors (Lipinski definition) is 4. The normalized spacial score (nSPS) is 20.0. The summed E-state index contributed by atoms with van der Waals surface area (Å²) in [6.45, 7) is 3.28. The first-order chi connectivity index (χ1) is 13.8. The third-order valence-corrected chi connectivity index (χ3v) is 5.85. The molecule has 0 saturated heterocycles. The summed E-state index contributed by atoms with van der Waals surface area (Å²) < 4.78 is 44.7. The van der Waals surface area contributed by atoms with Gasteiger partial charge >= 0.3 is 5.97 Å². The zero-order valence-corrected chi connectivity index (χ0v) is 16.8. The Balaban J connectivity index is 1.58. The van der Waals surface area contributed by atoms with Crippen LogP contribution in [-0.4, -0.2) is 19.7 Å². The third-order valence-electron chi connectivity index (χ3n) is 5.85. The van der Waals surface area contributed by atoms with Gasteiger partial charge in [-0.25, -0.2) is 8.78 Å². The molecule has 1 heterocycles. The minimum absolute atomic E-state index is 0.0354. The van der Waals surface area contributed by atoms with Gasteiger partial charge in [0.1, 0.15) is 17.6 Å². The topological polar surface area (TPSA) is 44.8 Å². The summed E-state index contributed by atoms with van der Waals surface area (Å²) in [4.78, 5) is 11.6. The number of ether oxygens (including phenoxy) is 3. The summed E-state index contributed by atoms with van der Waals surface area (Å²) in [5.41, 5.74) is 3.44. The molecule has 1 aliphatic carbocycles. The van der Waals surface area contributed by atoms with Crippen LogP contribution >= 0.6 is 0 Å². The van der Waals surface area contributed by atoms with E-state index in [1.54, 1.807) is 6.07 Å². The van der Waals surface area contributed by atoms with Crippen LogP contribution in [0.3, 0.4) is 0 Å². The molecule has 0 saturated carbocycles. The molecule has 0 bridgehead atoms. The highest BCUT2D eigenvalue weighted by Gasteiger charge is 2.35. The molecule has 0 spiro atoms. The van der Waals surface area contributed by atoms with Crippen LogP contribution in [0, 0.1) is 6.92 Å². The summed E-state index contributed by atoms with van der Waals surface area (Å²) in [5, 5.41) is 0. The molecule has 0 N–H and O–H groups in total. The first kappa shape index (κ1) is 19.7. The van der Waals surface area contributed by atoms with Crippen LogP contribution in [0.5, 0.6) is 11.5 Å². The maximum Gasteiger partial charge on any atom is 0.306 e. The Kier molecular flexibility index (Phi) is 4.97. The highest BCUT2D eigenvalue weighted by Crippen LogP contribution is 2.45. The maximum absolute atomic E-state index is 13.9. The fourth-order valence-corrected chi connectivity index (χ4v) is 4.37. The van der Waals surface area contributed by atoms with E-state index in [1.807, 2.05) is 25.1 Å².